The van der Waals surface area contributed by atoms with Gasteiger partial charge in [-0.05, 0) is 63.9 Å². The number of nitrogens with one attached hydrogen (secondary N) is 1. The van der Waals surface area contributed by atoms with Crippen LogP contribution in [0.4, 0.5) is 5.69 Å². The maximum atomic E-state index is 14.3. The molecule has 3 aromatic rings. The van der Waals surface area contributed by atoms with E-state index in [0.717, 1.165) is 15.4 Å². The van der Waals surface area contributed by atoms with Gasteiger partial charge in [-0.1, -0.05) is 55.0 Å². The Balaban J connectivity index is 2.14. The average molecular weight is 596 g/mol. The average Bonchev–Trinajstić information content (AvgIpc) is 2.95. The predicted octanol–water partition coefficient (Wildman–Crippen LogP) is 4.93. The normalized spacial score (nSPS) is 12.3. The lowest BCUT2D eigenvalue weighted by Gasteiger charge is -2.35. The number of carbonyl (C=O) groups is 2. The highest BCUT2D eigenvalue weighted by molar-refractivity contribution is 7.92. The molecule has 0 bridgehead atoms. The molecule has 0 heterocycles. The molecule has 0 saturated heterocycles. The lowest BCUT2D eigenvalue weighted by Crippen LogP contribution is -2.55. The zero-order valence-electron chi connectivity index (χ0n) is 25.4. The number of carbonyl (C=O) groups excluding carboxylic acids is 2. The SMILES string of the molecule is CCC(C(=O)NC(C)(C)C)N(Cc1ccc(C)cc1)C(=O)CN(c1cc(OC)ccc1OC)S(=O)(=O)c1ccccc1. The molecule has 0 spiro atoms. The van der Waals surface area contributed by atoms with Crippen LogP contribution >= 0.6 is 0 Å². The zero-order chi connectivity index (χ0) is 31.1. The molecule has 0 aromatic heterocycles. The number of anilines is 1. The van der Waals surface area contributed by atoms with Crippen LogP contribution in [0.1, 0.15) is 45.2 Å². The van der Waals surface area contributed by atoms with E-state index >= 15 is 0 Å². The van der Waals surface area contributed by atoms with Gasteiger partial charge in [-0.25, -0.2) is 8.42 Å². The summed E-state index contributed by atoms with van der Waals surface area (Å²) in [5, 5.41) is 2.97. The summed E-state index contributed by atoms with van der Waals surface area (Å²) in [6.45, 7) is 8.93. The summed E-state index contributed by atoms with van der Waals surface area (Å²) in [5.41, 5.74) is 1.48. The van der Waals surface area contributed by atoms with Gasteiger partial charge in [0.2, 0.25) is 11.8 Å². The molecule has 1 unspecified atom stereocenters. The zero-order valence-corrected chi connectivity index (χ0v) is 26.2. The van der Waals surface area contributed by atoms with Crippen molar-refractivity contribution < 1.29 is 27.5 Å². The van der Waals surface area contributed by atoms with Crippen LogP contribution in [0, 0.1) is 6.92 Å². The highest BCUT2D eigenvalue weighted by atomic mass is 32.2. The van der Waals surface area contributed by atoms with E-state index < -0.39 is 34.1 Å². The Kier molecular flexibility index (Phi) is 10.6. The van der Waals surface area contributed by atoms with Crippen molar-refractivity contribution in [1.29, 1.82) is 0 Å². The Morgan fingerprint density at radius 2 is 1.57 bits per heavy atom. The lowest BCUT2D eigenvalue weighted by atomic mass is 10.1. The summed E-state index contributed by atoms with van der Waals surface area (Å²) in [5.74, 6) is -0.234. The Hall–Kier alpha value is -4.05. The fourth-order valence-corrected chi connectivity index (χ4v) is 5.92. The van der Waals surface area contributed by atoms with Gasteiger partial charge in [-0.15, -0.1) is 0 Å². The summed E-state index contributed by atoms with van der Waals surface area (Å²) >= 11 is 0. The van der Waals surface area contributed by atoms with E-state index in [0.29, 0.717) is 12.2 Å². The highest BCUT2D eigenvalue weighted by Crippen LogP contribution is 2.36. The molecule has 0 fully saturated rings. The van der Waals surface area contributed by atoms with Gasteiger partial charge in [0, 0.05) is 18.2 Å². The second kappa shape index (κ2) is 13.7. The summed E-state index contributed by atoms with van der Waals surface area (Å²) in [7, 11) is -1.36. The molecule has 3 rings (SSSR count). The van der Waals surface area contributed by atoms with Gasteiger partial charge in [-0.2, -0.15) is 0 Å². The third-order valence-corrected chi connectivity index (χ3v) is 8.40. The molecule has 0 aliphatic rings. The van der Waals surface area contributed by atoms with Crippen LogP contribution < -0.4 is 19.1 Å². The number of aryl methyl sites for hydroxylation is 1. The first-order chi connectivity index (χ1) is 19.8. The summed E-state index contributed by atoms with van der Waals surface area (Å²) in [6, 6.07) is 19.4. The van der Waals surface area contributed by atoms with Crippen molar-refractivity contribution in [3.8, 4) is 11.5 Å². The van der Waals surface area contributed by atoms with Crippen LogP contribution in [0.3, 0.4) is 0 Å². The number of hydrogen-bond donors (Lipinski definition) is 1. The molecular weight excluding hydrogens is 554 g/mol. The fourth-order valence-electron chi connectivity index (χ4n) is 4.49. The van der Waals surface area contributed by atoms with E-state index in [9.17, 15) is 18.0 Å². The van der Waals surface area contributed by atoms with E-state index in [-0.39, 0.29) is 28.8 Å². The number of sulfonamides is 1. The molecule has 2 amide bonds. The molecule has 0 aliphatic heterocycles. The Labute approximate surface area is 249 Å². The Bertz CT molecular complexity index is 1470. The second-order valence-electron chi connectivity index (χ2n) is 11.0. The van der Waals surface area contributed by atoms with Gasteiger partial charge in [-0.3, -0.25) is 13.9 Å². The number of amides is 2. The van der Waals surface area contributed by atoms with Crippen LogP contribution in [0.25, 0.3) is 0 Å². The van der Waals surface area contributed by atoms with Gasteiger partial charge in [0.15, 0.2) is 0 Å². The molecule has 0 aliphatic carbocycles. The summed E-state index contributed by atoms with van der Waals surface area (Å²) in [4.78, 5) is 29.2. The fraction of sp³-hybridized carbons (Fsp3) is 0.375. The second-order valence-corrected chi connectivity index (χ2v) is 12.9. The third-order valence-electron chi connectivity index (χ3n) is 6.62. The summed E-state index contributed by atoms with van der Waals surface area (Å²) in [6.07, 6.45) is 0.327. The van der Waals surface area contributed by atoms with Gasteiger partial charge in [0.25, 0.3) is 10.0 Å². The molecule has 1 atom stereocenters. The molecule has 3 aromatic carbocycles. The monoisotopic (exact) mass is 595 g/mol. The smallest absolute Gasteiger partial charge is 0.264 e. The number of ether oxygens (including phenoxy) is 2. The molecular formula is C32H41N3O6S. The van der Waals surface area contributed by atoms with E-state index in [1.54, 1.807) is 30.3 Å². The first-order valence-corrected chi connectivity index (χ1v) is 15.2. The molecule has 10 heteroatoms. The van der Waals surface area contributed by atoms with E-state index in [2.05, 4.69) is 5.32 Å². The van der Waals surface area contributed by atoms with E-state index in [1.807, 2.05) is 58.9 Å². The number of benzene rings is 3. The third kappa shape index (κ3) is 8.03. The Morgan fingerprint density at radius 1 is 0.929 bits per heavy atom. The Morgan fingerprint density at radius 3 is 2.12 bits per heavy atom. The molecule has 9 nitrogen and oxygen atoms in total. The van der Waals surface area contributed by atoms with Gasteiger partial charge >= 0.3 is 0 Å². The molecule has 42 heavy (non-hydrogen) atoms. The molecule has 1 N–H and O–H groups in total. The van der Waals surface area contributed by atoms with E-state index in [1.165, 1.54) is 37.3 Å². The maximum absolute atomic E-state index is 14.3. The van der Waals surface area contributed by atoms with Crippen LogP contribution in [-0.4, -0.2) is 57.5 Å². The van der Waals surface area contributed by atoms with Crippen molar-refractivity contribution in [2.75, 3.05) is 25.1 Å². The standard InChI is InChI=1S/C32H41N3O6S/c1-8-27(31(37)33-32(3,4)5)34(21-24-16-14-23(2)15-17-24)30(36)22-35(42(38,39)26-12-10-9-11-13-26)28-20-25(40-6)18-19-29(28)41-7/h9-20,27H,8,21-22H2,1-7H3,(H,33,37). The van der Waals surface area contributed by atoms with Crippen molar-refractivity contribution in [3.05, 3.63) is 83.9 Å². The minimum atomic E-state index is -4.25. The van der Waals surface area contributed by atoms with Gasteiger partial charge in [0.05, 0.1) is 24.8 Å². The first kappa shape index (κ1) is 32.5. The van der Waals surface area contributed by atoms with Crippen molar-refractivity contribution in [1.82, 2.24) is 10.2 Å². The molecule has 226 valence electrons. The quantitative estimate of drug-likeness (QED) is 0.318. The number of nitrogens with zero attached hydrogens (tertiary/aromatic N) is 2. The van der Waals surface area contributed by atoms with Crippen LogP contribution in [0.5, 0.6) is 11.5 Å². The largest absolute Gasteiger partial charge is 0.497 e. The van der Waals surface area contributed by atoms with E-state index in [4.69, 9.17) is 9.47 Å². The first-order valence-electron chi connectivity index (χ1n) is 13.8. The van der Waals surface area contributed by atoms with Crippen LogP contribution in [0.15, 0.2) is 77.7 Å². The van der Waals surface area contributed by atoms with Crippen molar-refractivity contribution >= 4 is 27.5 Å². The lowest BCUT2D eigenvalue weighted by molar-refractivity contribution is -0.141. The predicted molar refractivity (Wildman–Crippen MR) is 164 cm³/mol. The van der Waals surface area contributed by atoms with Crippen molar-refractivity contribution in [2.24, 2.45) is 0 Å². The number of methoxy groups -OCH3 is 2. The number of hydrogen-bond acceptors (Lipinski definition) is 6. The maximum Gasteiger partial charge on any atom is 0.264 e. The highest BCUT2D eigenvalue weighted by Gasteiger charge is 2.35. The van der Waals surface area contributed by atoms with Crippen LogP contribution in [0.2, 0.25) is 0 Å². The number of rotatable bonds is 12. The molecule has 0 radical (unpaired) electrons. The summed E-state index contributed by atoms with van der Waals surface area (Å²) < 4.78 is 40.1. The van der Waals surface area contributed by atoms with Gasteiger partial charge < -0.3 is 19.7 Å². The van der Waals surface area contributed by atoms with Crippen molar-refractivity contribution in [2.45, 2.75) is 64.1 Å². The minimum Gasteiger partial charge on any atom is -0.497 e. The minimum absolute atomic E-state index is 0.00488. The van der Waals surface area contributed by atoms with Crippen molar-refractivity contribution in [3.63, 3.8) is 0 Å². The van der Waals surface area contributed by atoms with Crippen LogP contribution in [-0.2, 0) is 26.2 Å². The molecule has 0 saturated carbocycles. The topological polar surface area (TPSA) is 105 Å². The van der Waals surface area contributed by atoms with Gasteiger partial charge in [0.1, 0.15) is 24.1 Å².